The first-order chi connectivity index (χ1) is 9.17. The van der Waals surface area contributed by atoms with Gasteiger partial charge in [0.15, 0.2) is 5.69 Å². The number of nitrogens with zero attached hydrogens (tertiary/aromatic N) is 2. The molecule has 5 heteroatoms. The van der Waals surface area contributed by atoms with Gasteiger partial charge in [-0.25, -0.2) is 9.97 Å². The molecule has 0 atom stereocenters. The van der Waals surface area contributed by atoms with Gasteiger partial charge in [-0.15, -0.1) is 0 Å². The van der Waals surface area contributed by atoms with E-state index in [1.807, 2.05) is 13.0 Å². The van der Waals surface area contributed by atoms with Gasteiger partial charge in [0.05, 0.1) is 19.8 Å². The highest BCUT2D eigenvalue weighted by atomic mass is 16.5. The maximum atomic E-state index is 12.5. The smallest absolute Gasteiger partial charge is 0.243 e. The first-order valence-corrected chi connectivity index (χ1v) is 5.71. The summed E-state index contributed by atoms with van der Waals surface area (Å²) in [6.45, 7) is 1.93. The Kier molecular flexibility index (Phi) is 3.75. The van der Waals surface area contributed by atoms with Crippen LogP contribution in [0.1, 0.15) is 21.6 Å². The van der Waals surface area contributed by atoms with Gasteiger partial charge in [-0.05, 0) is 24.6 Å². The summed E-state index contributed by atoms with van der Waals surface area (Å²) >= 11 is 0. The molecule has 1 aromatic carbocycles. The van der Waals surface area contributed by atoms with Crippen LogP contribution in [-0.2, 0) is 0 Å². The van der Waals surface area contributed by atoms with Crippen molar-refractivity contribution in [3.63, 3.8) is 0 Å². The van der Waals surface area contributed by atoms with E-state index in [2.05, 4.69) is 9.97 Å². The first-order valence-electron chi connectivity index (χ1n) is 5.71. The van der Waals surface area contributed by atoms with Gasteiger partial charge in [0, 0.05) is 12.4 Å². The lowest BCUT2D eigenvalue weighted by Gasteiger charge is -2.09. The largest absolute Gasteiger partial charge is 0.496 e. The van der Waals surface area contributed by atoms with Gasteiger partial charge in [-0.3, -0.25) is 4.79 Å². The summed E-state index contributed by atoms with van der Waals surface area (Å²) < 4.78 is 10.3. The highest BCUT2D eigenvalue weighted by Crippen LogP contribution is 2.24. The number of methoxy groups -OCH3 is 2. The molecule has 19 heavy (non-hydrogen) atoms. The van der Waals surface area contributed by atoms with Gasteiger partial charge < -0.3 is 9.47 Å². The number of carbonyl (C=O) groups is 1. The maximum Gasteiger partial charge on any atom is 0.243 e. The fourth-order valence-corrected chi connectivity index (χ4v) is 1.74. The zero-order chi connectivity index (χ0) is 13.8. The molecule has 2 rings (SSSR count). The van der Waals surface area contributed by atoms with Crippen LogP contribution in [0.4, 0.5) is 0 Å². The average molecular weight is 258 g/mol. The molecule has 0 bridgehead atoms. The zero-order valence-corrected chi connectivity index (χ0v) is 11.0. The third-order valence-electron chi connectivity index (χ3n) is 2.67. The van der Waals surface area contributed by atoms with Crippen LogP contribution in [0.5, 0.6) is 11.6 Å². The second-order valence-electron chi connectivity index (χ2n) is 3.95. The highest BCUT2D eigenvalue weighted by Gasteiger charge is 2.20. The lowest BCUT2D eigenvalue weighted by Crippen LogP contribution is -2.09. The quantitative estimate of drug-likeness (QED) is 0.785. The number of ether oxygens (including phenoxy) is 2. The van der Waals surface area contributed by atoms with Crippen molar-refractivity contribution in [2.45, 2.75) is 6.92 Å². The van der Waals surface area contributed by atoms with Gasteiger partial charge in [0.25, 0.3) is 0 Å². The normalized spacial score (nSPS) is 10.1. The van der Waals surface area contributed by atoms with E-state index < -0.39 is 0 Å². The second-order valence-corrected chi connectivity index (χ2v) is 3.95. The SMILES string of the molecule is COc1cc(C)ccc1C(=O)c1nccnc1OC. The molecule has 0 amide bonds. The number of rotatable bonds is 4. The van der Waals surface area contributed by atoms with Crippen molar-refractivity contribution in [1.82, 2.24) is 9.97 Å². The molecule has 5 nitrogen and oxygen atoms in total. The van der Waals surface area contributed by atoms with E-state index in [0.29, 0.717) is 11.3 Å². The summed E-state index contributed by atoms with van der Waals surface area (Å²) in [6.07, 6.45) is 2.93. The Bertz CT molecular complexity index is 611. The number of carbonyl (C=O) groups excluding carboxylic acids is 1. The second kappa shape index (κ2) is 5.48. The Balaban J connectivity index is 2.50. The molecule has 1 heterocycles. The lowest BCUT2D eigenvalue weighted by molar-refractivity contribution is 0.102. The van der Waals surface area contributed by atoms with Crippen LogP contribution < -0.4 is 9.47 Å². The van der Waals surface area contributed by atoms with E-state index >= 15 is 0 Å². The molecule has 0 aliphatic carbocycles. The van der Waals surface area contributed by atoms with Crippen molar-refractivity contribution in [3.8, 4) is 11.6 Å². The highest BCUT2D eigenvalue weighted by molar-refractivity contribution is 6.10. The van der Waals surface area contributed by atoms with Crippen molar-refractivity contribution in [3.05, 3.63) is 47.4 Å². The van der Waals surface area contributed by atoms with E-state index in [-0.39, 0.29) is 17.4 Å². The number of hydrogen-bond donors (Lipinski definition) is 0. The Hall–Kier alpha value is -2.43. The molecule has 2 aromatic rings. The van der Waals surface area contributed by atoms with Gasteiger partial charge in [-0.2, -0.15) is 0 Å². The van der Waals surface area contributed by atoms with Crippen molar-refractivity contribution in [2.75, 3.05) is 14.2 Å². The number of aryl methyl sites for hydroxylation is 1. The molecule has 0 unspecified atom stereocenters. The Morgan fingerprint density at radius 3 is 2.53 bits per heavy atom. The van der Waals surface area contributed by atoms with Crippen LogP contribution >= 0.6 is 0 Å². The molecule has 0 N–H and O–H groups in total. The van der Waals surface area contributed by atoms with Gasteiger partial charge in [0.1, 0.15) is 5.75 Å². The third-order valence-corrected chi connectivity index (χ3v) is 2.67. The van der Waals surface area contributed by atoms with Crippen LogP contribution in [0.2, 0.25) is 0 Å². The minimum Gasteiger partial charge on any atom is -0.496 e. The van der Waals surface area contributed by atoms with E-state index in [9.17, 15) is 4.79 Å². The van der Waals surface area contributed by atoms with Crippen molar-refractivity contribution in [1.29, 1.82) is 0 Å². The number of hydrogen-bond acceptors (Lipinski definition) is 5. The van der Waals surface area contributed by atoms with E-state index in [0.717, 1.165) is 5.56 Å². The van der Waals surface area contributed by atoms with Gasteiger partial charge >= 0.3 is 0 Å². The molecular formula is C14H14N2O3. The predicted octanol–water partition coefficient (Wildman–Crippen LogP) is 2.03. The molecule has 0 saturated heterocycles. The van der Waals surface area contributed by atoms with Crippen molar-refractivity contribution >= 4 is 5.78 Å². The fraction of sp³-hybridized carbons (Fsp3) is 0.214. The van der Waals surface area contributed by atoms with Crippen LogP contribution in [0.15, 0.2) is 30.6 Å². The standard InChI is InChI=1S/C14H14N2O3/c1-9-4-5-10(11(8-9)18-2)13(17)12-14(19-3)16-7-6-15-12/h4-8H,1-3H3. The Morgan fingerprint density at radius 2 is 1.84 bits per heavy atom. The number of aromatic nitrogens is 2. The first kappa shape index (κ1) is 13.0. The summed E-state index contributed by atoms with van der Waals surface area (Å²) in [6, 6.07) is 5.36. The zero-order valence-electron chi connectivity index (χ0n) is 11.0. The van der Waals surface area contributed by atoms with Gasteiger partial charge in [0.2, 0.25) is 11.7 Å². The molecule has 0 saturated carbocycles. The molecule has 1 aromatic heterocycles. The summed E-state index contributed by atoms with van der Waals surface area (Å²) in [5.74, 6) is 0.439. The minimum atomic E-state index is -0.276. The summed E-state index contributed by atoms with van der Waals surface area (Å²) in [5.41, 5.74) is 1.62. The minimum absolute atomic E-state index is 0.173. The Morgan fingerprint density at radius 1 is 1.11 bits per heavy atom. The van der Waals surface area contributed by atoms with Crippen LogP contribution in [0.25, 0.3) is 0 Å². The van der Waals surface area contributed by atoms with E-state index in [4.69, 9.17) is 9.47 Å². The van der Waals surface area contributed by atoms with Crippen molar-refractivity contribution in [2.24, 2.45) is 0 Å². The molecule has 0 spiro atoms. The molecule has 0 aliphatic rings. The topological polar surface area (TPSA) is 61.3 Å². The third kappa shape index (κ3) is 2.54. The molecule has 0 radical (unpaired) electrons. The van der Waals surface area contributed by atoms with Crippen LogP contribution in [-0.4, -0.2) is 30.0 Å². The molecular weight excluding hydrogens is 244 g/mol. The van der Waals surface area contributed by atoms with Gasteiger partial charge in [-0.1, -0.05) is 6.07 Å². The molecule has 0 fully saturated rings. The van der Waals surface area contributed by atoms with Crippen molar-refractivity contribution < 1.29 is 14.3 Å². The average Bonchev–Trinajstić information content (AvgIpc) is 2.46. The Labute approximate surface area is 111 Å². The van der Waals surface area contributed by atoms with E-state index in [1.54, 1.807) is 12.1 Å². The summed E-state index contributed by atoms with van der Waals surface area (Å²) in [5, 5.41) is 0. The maximum absolute atomic E-state index is 12.5. The fourth-order valence-electron chi connectivity index (χ4n) is 1.74. The van der Waals surface area contributed by atoms with Crippen LogP contribution in [0.3, 0.4) is 0 Å². The monoisotopic (exact) mass is 258 g/mol. The molecule has 0 aliphatic heterocycles. The predicted molar refractivity (Wildman–Crippen MR) is 69.7 cm³/mol. The number of ketones is 1. The summed E-state index contributed by atoms with van der Waals surface area (Å²) in [4.78, 5) is 20.5. The molecule has 98 valence electrons. The van der Waals surface area contributed by atoms with E-state index in [1.165, 1.54) is 26.6 Å². The van der Waals surface area contributed by atoms with Crippen LogP contribution in [0, 0.1) is 6.92 Å². The number of benzene rings is 1. The summed E-state index contributed by atoms with van der Waals surface area (Å²) in [7, 11) is 2.98. The lowest BCUT2D eigenvalue weighted by atomic mass is 10.0.